The molecule has 2 aromatic rings. The van der Waals surface area contributed by atoms with Crippen molar-refractivity contribution in [3.8, 4) is 0 Å². The lowest BCUT2D eigenvalue weighted by Gasteiger charge is -2.17. The second-order valence-electron chi connectivity index (χ2n) is 4.67. The van der Waals surface area contributed by atoms with Gasteiger partial charge in [0, 0.05) is 5.57 Å². The van der Waals surface area contributed by atoms with Crippen molar-refractivity contribution in [1.82, 2.24) is 4.98 Å². The molecule has 0 bridgehead atoms. The van der Waals surface area contributed by atoms with Crippen LogP contribution in [0.25, 0.3) is 0 Å². The van der Waals surface area contributed by atoms with Gasteiger partial charge in [-0.2, -0.15) is 0 Å². The Kier molecular flexibility index (Phi) is 3.17. The molecule has 0 aliphatic heterocycles. The number of thiazole rings is 1. The number of ketones is 2. The van der Waals surface area contributed by atoms with E-state index in [1.807, 2.05) is 0 Å². The third-order valence-electron chi connectivity index (χ3n) is 3.23. The number of hydrogen-bond acceptors (Lipinski definition) is 5. The predicted molar refractivity (Wildman–Crippen MR) is 78.2 cm³/mol. The van der Waals surface area contributed by atoms with Gasteiger partial charge < -0.3 is 5.32 Å². The number of carbonyl (C=O) groups is 2. The molecule has 21 heavy (non-hydrogen) atoms. The van der Waals surface area contributed by atoms with Crippen LogP contribution >= 0.6 is 11.3 Å². The van der Waals surface area contributed by atoms with Gasteiger partial charge >= 0.3 is 0 Å². The van der Waals surface area contributed by atoms with Gasteiger partial charge in [-0.05, 0) is 26.0 Å². The summed E-state index contributed by atoms with van der Waals surface area (Å²) in [6, 6.07) is 6.01. The number of Topliss-reactive ketones (excluding diaryl/α,β-unsaturated/α-hetero) is 2. The van der Waals surface area contributed by atoms with Crippen LogP contribution in [0.15, 0.2) is 35.5 Å². The zero-order valence-electron chi connectivity index (χ0n) is 11.4. The van der Waals surface area contributed by atoms with Crippen LogP contribution in [0.2, 0.25) is 0 Å². The van der Waals surface area contributed by atoms with Crippen LogP contribution in [-0.4, -0.2) is 16.6 Å². The number of halogens is 1. The molecule has 4 nitrogen and oxygen atoms in total. The Labute approximate surface area is 124 Å². The molecule has 0 unspecified atom stereocenters. The van der Waals surface area contributed by atoms with Crippen molar-refractivity contribution in [1.29, 1.82) is 0 Å². The van der Waals surface area contributed by atoms with E-state index in [9.17, 15) is 14.0 Å². The van der Waals surface area contributed by atoms with Crippen LogP contribution in [0.3, 0.4) is 0 Å². The van der Waals surface area contributed by atoms with Crippen molar-refractivity contribution < 1.29 is 14.0 Å². The van der Waals surface area contributed by atoms with Crippen molar-refractivity contribution in [3.63, 3.8) is 0 Å². The minimum atomic E-state index is -0.482. The van der Waals surface area contributed by atoms with Crippen molar-refractivity contribution in [2.75, 3.05) is 5.32 Å². The number of carbonyl (C=O) groups excluding carboxylic acids is 2. The Morgan fingerprint density at radius 1 is 1.14 bits per heavy atom. The van der Waals surface area contributed by atoms with Crippen LogP contribution in [-0.2, 0) is 0 Å². The topological polar surface area (TPSA) is 59.1 Å². The van der Waals surface area contributed by atoms with E-state index in [1.54, 1.807) is 26.0 Å². The maximum atomic E-state index is 13.7. The zero-order valence-corrected chi connectivity index (χ0v) is 12.2. The van der Waals surface area contributed by atoms with Gasteiger partial charge in [0.2, 0.25) is 11.6 Å². The molecule has 1 N–H and O–H groups in total. The molecule has 0 saturated heterocycles. The minimum Gasteiger partial charge on any atom is -0.350 e. The first-order chi connectivity index (χ1) is 9.99. The summed E-state index contributed by atoms with van der Waals surface area (Å²) in [5, 5.41) is 3.40. The van der Waals surface area contributed by atoms with E-state index in [2.05, 4.69) is 10.3 Å². The van der Waals surface area contributed by atoms with Gasteiger partial charge in [-0.25, -0.2) is 9.37 Å². The van der Waals surface area contributed by atoms with Gasteiger partial charge in [-0.15, -0.1) is 11.3 Å². The molecule has 6 heteroatoms. The Balaban J connectivity index is 2.06. The molecule has 0 atom stereocenters. The SMILES string of the molecule is CC1=C(Nc2ccccc2F)C(=O)c2sc(C)nc2C1=O. The molecular weight excluding hydrogens is 291 g/mol. The van der Waals surface area contributed by atoms with Gasteiger partial charge in [0.15, 0.2) is 0 Å². The number of rotatable bonds is 2. The Morgan fingerprint density at radius 3 is 2.57 bits per heavy atom. The summed E-state index contributed by atoms with van der Waals surface area (Å²) in [5.41, 5.74) is 0.721. The fourth-order valence-electron chi connectivity index (χ4n) is 2.16. The molecule has 3 rings (SSSR count). The maximum Gasteiger partial charge on any atom is 0.221 e. The van der Waals surface area contributed by atoms with E-state index in [0.717, 1.165) is 0 Å². The van der Waals surface area contributed by atoms with Crippen LogP contribution in [0.1, 0.15) is 32.1 Å². The lowest BCUT2D eigenvalue weighted by molar-refractivity contribution is 0.0975. The summed E-state index contributed by atoms with van der Waals surface area (Å²) < 4.78 is 13.7. The van der Waals surface area contributed by atoms with Crippen molar-refractivity contribution in [2.24, 2.45) is 0 Å². The predicted octanol–water partition coefficient (Wildman–Crippen LogP) is 3.36. The van der Waals surface area contributed by atoms with Gasteiger partial charge in [0.25, 0.3) is 0 Å². The first-order valence-corrected chi connectivity index (χ1v) is 7.10. The van der Waals surface area contributed by atoms with Gasteiger partial charge in [-0.3, -0.25) is 9.59 Å². The molecule has 0 spiro atoms. The standard InChI is InChI=1S/C15H11FN2O2S/c1-7-11(18-10-6-4-3-5-9(10)16)14(20)15-12(13(7)19)17-8(2)21-15/h3-6,18H,1-2H3. The van der Waals surface area contributed by atoms with E-state index in [-0.39, 0.29) is 34.2 Å². The maximum absolute atomic E-state index is 13.7. The third-order valence-corrected chi connectivity index (χ3v) is 4.20. The highest BCUT2D eigenvalue weighted by atomic mass is 32.1. The summed E-state index contributed by atoms with van der Waals surface area (Å²) in [4.78, 5) is 29.1. The third kappa shape index (κ3) is 2.17. The number of aryl methyl sites for hydroxylation is 1. The molecule has 1 heterocycles. The number of allylic oxidation sites excluding steroid dienone is 2. The molecule has 1 aromatic carbocycles. The first kappa shape index (κ1) is 13.6. The Morgan fingerprint density at radius 2 is 1.86 bits per heavy atom. The van der Waals surface area contributed by atoms with Gasteiger partial charge in [0.05, 0.1) is 16.4 Å². The molecule has 1 aromatic heterocycles. The highest BCUT2D eigenvalue weighted by Gasteiger charge is 2.33. The molecule has 0 amide bonds. The molecule has 1 aliphatic rings. The molecule has 1 aliphatic carbocycles. The first-order valence-electron chi connectivity index (χ1n) is 6.28. The van der Waals surface area contributed by atoms with E-state index >= 15 is 0 Å². The number of benzene rings is 1. The van der Waals surface area contributed by atoms with Gasteiger partial charge in [-0.1, -0.05) is 12.1 Å². The zero-order chi connectivity index (χ0) is 15.1. The van der Waals surface area contributed by atoms with Crippen LogP contribution in [0.4, 0.5) is 10.1 Å². The van der Waals surface area contributed by atoms with Gasteiger partial charge in [0.1, 0.15) is 16.4 Å². The molecular formula is C15H11FN2O2S. The number of nitrogens with zero attached hydrogens (tertiary/aromatic N) is 1. The van der Waals surface area contributed by atoms with E-state index < -0.39 is 5.82 Å². The van der Waals surface area contributed by atoms with E-state index in [1.165, 1.54) is 23.5 Å². The Bertz CT molecular complexity index is 808. The second kappa shape index (κ2) is 4.89. The second-order valence-corrected chi connectivity index (χ2v) is 5.88. The van der Waals surface area contributed by atoms with Crippen LogP contribution in [0, 0.1) is 12.7 Å². The van der Waals surface area contributed by atoms with Crippen molar-refractivity contribution in [2.45, 2.75) is 13.8 Å². The van der Waals surface area contributed by atoms with Crippen molar-refractivity contribution >= 4 is 28.6 Å². The highest BCUT2D eigenvalue weighted by Crippen LogP contribution is 2.31. The number of anilines is 1. The van der Waals surface area contributed by atoms with Crippen LogP contribution < -0.4 is 5.32 Å². The molecule has 0 radical (unpaired) electrons. The largest absolute Gasteiger partial charge is 0.350 e. The number of fused-ring (bicyclic) bond motifs is 1. The smallest absolute Gasteiger partial charge is 0.221 e. The Hall–Kier alpha value is -2.34. The summed E-state index contributed by atoms with van der Waals surface area (Å²) in [6.45, 7) is 3.28. The number of aromatic nitrogens is 1. The number of para-hydroxylation sites is 1. The average Bonchev–Trinajstić information content (AvgIpc) is 2.85. The fourth-order valence-corrected chi connectivity index (χ4v) is 3.02. The highest BCUT2D eigenvalue weighted by molar-refractivity contribution is 7.14. The lowest BCUT2D eigenvalue weighted by atomic mass is 9.97. The summed E-state index contributed by atoms with van der Waals surface area (Å²) in [6.07, 6.45) is 0. The fraction of sp³-hybridized carbons (Fsp3) is 0.133. The van der Waals surface area contributed by atoms with Crippen molar-refractivity contribution in [3.05, 3.63) is 56.9 Å². The van der Waals surface area contributed by atoms with E-state index in [0.29, 0.717) is 9.88 Å². The molecule has 0 fully saturated rings. The minimum absolute atomic E-state index is 0.112. The number of nitrogens with one attached hydrogen (secondary N) is 1. The van der Waals surface area contributed by atoms with Crippen LogP contribution in [0.5, 0.6) is 0 Å². The average molecular weight is 302 g/mol. The lowest BCUT2D eigenvalue weighted by Crippen LogP contribution is -2.24. The monoisotopic (exact) mass is 302 g/mol. The molecule has 106 valence electrons. The normalized spacial score (nSPS) is 14.4. The molecule has 0 saturated carbocycles. The summed E-state index contributed by atoms with van der Waals surface area (Å²) in [5.74, 6) is -1.10. The quantitative estimate of drug-likeness (QED) is 0.924. The van der Waals surface area contributed by atoms with E-state index in [4.69, 9.17) is 0 Å². The summed E-state index contributed by atoms with van der Waals surface area (Å²) in [7, 11) is 0. The summed E-state index contributed by atoms with van der Waals surface area (Å²) >= 11 is 1.17. The number of hydrogen-bond donors (Lipinski definition) is 1.